The Hall–Kier alpha value is -2.62. The molecule has 1 saturated carbocycles. The average Bonchev–Trinajstić information content (AvgIpc) is 3.32. The fraction of sp³-hybridized carbons (Fsp3) is 0.364. The maximum atomic E-state index is 12.6. The van der Waals surface area contributed by atoms with Crippen LogP contribution >= 0.6 is 0 Å². The van der Waals surface area contributed by atoms with Gasteiger partial charge in [-0.2, -0.15) is 0 Å². The Bertz CT molecular complexity index is 780. The lowest BCUT2D eigenvalue weighted by Gasteiger charge is -2.23. The Morgan fingerprint density at radius 1 is 0.923 bits per heavy atom. The van der Waals surface area contributed by atoms with Gasteiger partial charge in [-0.05, 0) is 36.1 Å². The second-order valence-electron chi connectivity index (χ2n) is 7.32. The van der Waals surface area contributed by atoms with Crippen LogP contribution in [0.3, 0.4) is 0 Å². The maximum Gasteiger partial charge on any atom is 0.229 e. The molecule has 1 saturated heterocycles. The summed E-state index contributed by atoms with van der Waals surface area (Å²) < 4.78 is 0. The topological polar surface area (TPSA) is 49.4 Å². The molecular weight excluding hydrogens is 324 g/mol. The summed E-state index contributed by atoms with van der Waals surface area (Å²) in [5, 5.41) is 2.98. The lowest BCUT2D eigenvalue weighted by atomic mass is 10.0. The third-order valence-corrected chi connectivity index (χ3v) is 5.55. The molecule has 0 unspecified atom stereocenters. The third kappa shape index (κ3) is 3.50. The van der Waals surface area contributed by atoms with Crippen molar-refractivity contribution in [2.45, 2.75) is 38.1 Å². The lowest BCUT2D eigenvalue weighted by molar-refractivity contribution is -0.129. The van der Waals surface area contributed by atoms with Gasteiger partial charge in [-0.1, -0.05) is 55.3 Å². The smallest absolute Gasteiger partial charge is 0.229 e. The first kappa shape index (κ1) is 16.8. The number of hydrogen-bond donors (Lipinski definition) is 1. The SMILES string of the molecule is O=C(Nc1ccc(-c2ccccc2)cc1)[C@@H]1CC(=O)N(C2CCCC2)C1. The summed E-state index contributed by atoms with van der Waals surface area (Å²) in [6.45, 7) is 0.567. The van der Waals surface area contributed by atoms with Crippen molar-refractivity contribution in [3.05, 3.63) is 54.6 Å². The molecule has 0 aromatic heterocycles. The molecular formula is C22H24N2O2. The van der Waals surface area contributed by atoms with Gasteiger partial charge in [-0.25, -0.2) is 0 Å². The molecule has 1 aliphatic carbocycles. The van der Waals surface area contributed by atoms with E-state index in [-0.39, 0.29) is 17.7 Å². The summed E-state index contributed by atoms with van der Waals surface area (Å²) in [6.07, 6.45) is 4.89. The third-order valence-electron chi connectivity index (χ3n) is 5.55. The number of nitrogens with one attached hydrogen (secondary N) is 1. The molecule has 4 nitrogen and oxygen atoms in total. The van der Waals surface area contributed by atoms with Crippen LogP contribution in [0.25, 0.3) is 11.1 Å². The molecule has 134 valence electrons. The first-order chi connectivity index (χ1) is 12.7. The Morgan fingerprint density at radius 3 is 2.27 bits per heavy atom. The first-order valence-corrected chi connectivity index (χ1v) is 9.46. The molecule has 1 atom stereocenters. The van der Waals surface area contributed by atoms with Gasteiger partial charge >= 0.3 is 0 Å². The van der Waals surface area contributed by atoms with E-state index in [1.165, 1.54) is 12.8 Å². The van der Waals surface area contributed by atoms with Crippen molar-refractivity contribution in [3.8, 4) is 11.1 Å². The predicted molar refractivity (Wildman–Crippen MR) is 103 cm³/mol. The number of benzene rings is 2. The Labute approximate surface area is 154 Å². The van der Waals surface area contributed by atoms with Crippen molar-refractivity contribution in [2.24, 2.45) is 5.92 Å². The Morgan fingerprint density at radius 2 is 1.58 bits per heavy atom. The van der Waals surface area contributed by atoms with Crippen molar-refractivity contribution < 1.29 is 9.59 Å². The van der Waals surface area contributed by atoms with E-state index in [4.69, 9.17) is 0 Å². The summed E-state index contributed by atoms with van der Waals surface area (Å²) >= 11 is 0. The highest BCUT2D eigenvalue weighted by Crippen LogP contribution is 2.30. The molecule has 0 bridgehead atoms. The molecule has 4 heteroatoms. The van der Waals surface area contributed by atoms with Crippen LogP contribution in [0.4, 0.5) is 5.69 Å². The van der Waals surface area contributed by atoms with Crippen LogP contribution in [0.15, 0.2) is 54.6 Å². The Balaban J connectivity index is 1.38. The molecule has 4 rings (SSSR count). The number of rotatable bonds is 4. The largest absolute Gasteiger partial charge is 0.339 e. The number of nitrogens with zero attached hydrogens (tertiary/aromatic N) is 1. The van der Waals surface area contributed by atoms with Gasteiger partial charge in [0.2, 0.25) is 11.8 Å². The van der Waals surface area contributed by atoms with Gasteiger partial charge < -0.3 is 10.2 Å². The van der Waals surface area contributed by atoms with Crippen molar-refractivity contribution in [3.63, 3.8) is 0 Å². The van der Waals surface area contributed by atoms with Crippen molar-refractivity contribution >= 4 is 17.5 Å². The van der Waals surface area contributed by atoms with Crippen molar-refractivity contribution in [1.29, 1.82) is 0 Å². The summed E-state index contributed by atoms with van der Waals surface area (Å²) in [7, 11) is 0. The minimum Gasteiger partial charge on any atom is -0.339 e. The van der Waals surface area contributed by atoms with E-state index < -0.39 is 0 Å². The normalized spacial score (nSPS) is 20.5. The van der Waals surface area contributed by atoms with E-state index in [1.54, 1.807) is 0 Å². The number of amides is 2. The Kier molecular flexibility index (Phi) is 4.74. The van der Waals surface area contributed by atoms with E-state index in [0.29, 0.717) is 19.0 Å². The van der Waals surface area contributed by atoms with E-state index in [9.17, 15) is 9.59 Å². The zero-order valence-electron chi connectivity index (χ0n) is 14.9. The summed E-state index contributed by atoms with van der Waals surface area (Å²) in [5.74, 6) is -0.153. The summed E-state index contributed by atoms with van der Waals surface area (Å²) in [5.41, 5.74) is 3.05. The van der Waals surface area contributed by atoms with Crippen LogP contribution in [0.2, 0.25) is 0 Å². The van der Waals surface area contributed by atoms with Gasteiger partial charge in [0.15, 0.2) is 0 Å². The van der Waals surface area contributed by atoms with E-state index in [0.717, 1.165) is 29.7 Å². The minimum absolute atomic E-state index is 0.0497. The molecule has 2 aromatic rings. The number of carbonyl (C=O) groups is 2. The molecule has 2 aliphatic rings. The van der Waals surface area contributed by atoms with Crippen LogP contribution in [-0.2, 0) is 9.59 Å². The first-order valence-electron chi connectivity index (χ1n) is 9.46. The van der Waals surface area contributed by atoms with Crippen LogP contribution in [0.1, 0.15) is 32.1 Å². The predicted octanol–water partition coefficient (Wildman–Crippen LogP) is 4.08. The molecule has 2 fully saturated rings. The quantitative estimate of drug-likeness (QED) is 0.905. The van der Waals surface area contributed by atoms with E-state index in [2.05, 4.69) is 17.4 Å². The highest BCUT2D eigenvalue weighted by atomic mass is 16.2. The molecule has 0 spiro atoms. The molecule has 0 radical (unpaired) electrons. The average molecular weight is 348 g/mol. The van der Waals surface area contributed by atoms with Crippen LogP contribution in [0.5, 0.6) is 0 Å². The molecule has 1 N–H and O–H groups in total. The zero-order valence-corrected chi connectivity index (χ0v) is 14.9. The number of likely N-dealkylation sites (tertiary alicyclic amines) is 1. The highest BCUT2D eigenvalue weighted by Gasteiger charge is 2.38. The van der Waals surface area contributed by atoms with E-state index in [1.807, 2.05) is 47.4 Å². The summed E-state index contributed by atoms with van der Waals surface area (Å²) in [6, 6.07) is 18.4. The van der Waals surface area contributed by atoms with Crippen LogP contribution in [-0.4, -0.2) is 29.3 Å². The summed E-state index contributed by atoms with van der Waals surface area (Å²) in [4.78, 5) is 26.8. The van der Waals surface area contributed by atoms with Crippen molar-refractivity contribution in [2.75, 3.05) is 11.9 Å². The fourth-order valence-electron chi connectivity index (χ4n) is 4.10. The van der Waals surface area contributed by atoms with Crippen LogP contribution in [0, 0.1) is 5.92 Å². The maximum absolute atomic E-state index is 12.6. The van der Waals surface area contributed by atoms with Gasteiger partial charge in [0.05, 0.1) is 5.92 Å². The number of hydrogen-bond acceptors (Lipinski definition) is 2. The van der Waals surface area contributed by atoms with Crippen molar-refractivity contribution in [1.82, 2.24) is 4.90 Å². The van der Waals surface area contributed by atoms with Crippen LogP contribution < -0.4 is 5.32 Å². The second kappa shape index (κ2) is 7.32. The zero-order chi connectivity index (χ0) is 17.9. The lowest BCUT2D eigenvalue weighted by Crippen LogP contribution is -2.35. The van der Waals surface area contributed by atoms with Gasteiger partial charge in [-0.3, -0.25) is 9.59 Å². The fourth-order valence-corrected chi connectivity index (χ4v) is 4.10. The second-order valence-corrected chi connectivity index (χ2v) is 7.32. The van der Waals surface area contributed by atoms with Gasteiger partial charge in [0.1, 0.15) is 0 Å². The molecule has 1 heterocycles. The molecule has 26 heavy (non-hydrogen) atoms. The monoisotopic (exact) mass is 348 g/mol. The van der Waals surface area contributed by atoms with Gasteiger partial charge in [0.25, 0.3) is 0 Å². The minimum atomic E-state index is -0.239. The van der Waals surface area contributed by atoms with Gasteiger partial charge in [0, 0.05) is 24.7 Å². The molecule has 1 aliphatic heterocycles. The molecule has 2 aromatic carbocycles. The number of carbonyl (C=O) groups excluding carboxylic acids is 2. The molecule has 2 amide bonds. The van der Waals surface area contributed by atoms with E-state index >= 15 is 0 Å². The highest BCUT2D eigenvalue weighted by molar-refractivity contribution is 5.97. The standard InChI is InChI=1S/C22H24N2O2/c25-21-14-18(15-24(21)20-8-4-5-9-20)22(26)23-19-12-10-17(11-13-19)16-6-2-1-3-7-16/h1-3,6-7,10-13,18,20H,4-5,8-9,14-15H2,(H,23,26)/t18-/m1/s1. The van der Waals surface area contributed by atoms with Gasteiger partial charge in [-0.15, -0.1) is 0 Å². The number of anilines is 1.